The predicted molar refractivity (Wildman–Crippen MR) is 70.7 cm³/mol. The van der Waals surface area contributed by atoms with Crippen molar-refractivity contribution >= 4 is 5.91 Å². The molecule has 4 heteroatoms. The molecule has 1 saturated heterocycles. The van der Waals surface area contributed by atoms with Crippen LogP contribution in [0.15, 0.2) is 24.3 Å². The van der Waals surface area contributed by atoms with Gasteiger partial charge < -0.3 is 15.4 Å². The summed E-state index contributed by atoms with van der Waals surface area (Å²) in [5.74, 6) is 0.872. The van der Waals surface area contributed by atoms with Crippen LogP contribution in [0.1, 0.15) is 18.4 Å². The molecule has 1 aromatic carbocycles. The van der Waals surface area contributed by atoms with Crippen LogP contribution in [0.3, 0.4) is 0 Å². The highest BCUT2D eigenvalue weighted by atomic mass is 16.5. The van der Waals surface area contributed by atoms with Gasteiger partial charge in [-0.05, 0) is 37.1 Å². The van der Waals surface area contributed by atoms with Crippen molar-refractivity contribution in [3.8, 4) is 5.75 Å². The van der Waals surface area contributed by atoms with Crippen LogP contribution in [0.25, 0.3) is 0 Å². The van der Waals surface area contributed by atoms with Gasteiger partial charge in [-0.1, -0.05) is 12.1 Å². The van der Waals surface area contributed by atoms with Crippen molar-refractivity contribution in [2.24, 2.45) is 0 Å². The van der Waals surface area contributed by atoms with Crippen molar-refractivity contribution in [2.75, 3.05) is 20.2 Å². The first-order valence-corrected chi connectivity index (χ1v) is 6.41. The van der Waals surface area contributed by atoms with Crippen LogP contribution >= 0.6 is 0 Å². The zero-order valence-corrected chi connectivity index (χ0v) is 10.7. The van der Waals surface area contributed by atoms with Gasteiger partial charge in [-0.15, -0.1) is 0 Å². The molecule has 0 saturated carbocycles. The topological polar surface area (TPSA) is 50.4 Å². The standard InChI is InChI=1S/C14H20N2O2/c1-18-13-6-2-4-11(8-13)9-14(17)16-12-5-3-7-15-10-12/h2,4,6,8,12,15H,3,5,7,9-10H2,1H3,(H,16,17)/t12-/m0/s1. The van der Waals surface area contributed by atoms with E-state index in [4.69, 9.17) is 4.74 Å². The highest BCUT2D eigenvalue weighted by Gasteiger charge is 2.15. The summed E-state index contributed by atoms with van der Waals surface area (Å²) in [6.07, 6.45) is 2.61. The lowest BCUT2D eigenvalue weighted by Crippen LogP contribution is -2.46. The third-order valence-electron chi connectivity index (χ3n) is 3.16. The van der Waals surface area contributed by atoms with Gasteiger partial charge in [0.05, 0.1) is 13.5 Å². The maximum absolute atomic E-state index is 11.9. The third-order valence-corrected chi connectivity index (χ3v) is 3.16. The monoisotopic (exact) mass is 248 g/mol. The Kier molecular flexibility index (Phi) is 4.59. The smallest absolute Gasteiger partial charge is 0.224 e. The number of carbonyl (C=O) groups excluding carboxylic acids is 1. The molecule has 0 bridgehead atoms. The third kappa shape index (κ3) is 3.74. The van der Waals surface area contributed by atoms with Gasteiger partial charge in [-0.3, -0.25) is 4.79 Å². The highest BCUT2D eigenvalue weighted by Crippen LogP contribution is 2.13. The number of hydrogen-bond acceptors (Lipinski definition) is 3. The number of rotatable bonds is 4. The first kappa shape index (κ1) is 12.9. The van der Waals surface area contributed by atoms with Crippen LogP contribution in [0, 0.1) is 0 Å². The van der Waals surface area contributed by atoms with Gasteiger partial charge in [0.2, 0.25) is 5.91 Å². The minimum Gasteiger partial charge on any atom is -0.497 e. The van der Waals surface area contributed by atoms with Crippen molar-refractivity contribution < 1.29 is 9.53 Å². The SMILES string of the molecule is COc1cccc(CC(=O)N[C@H]2CCCNC2)c1. The van der Waals surface area contributed by atoms with E-state index in [0.717, 1.165) is 37.2 Å². The molecule has 1 aliphatic rings. The van der Waals surface area contributed by atoms with Gasteiger partial charge in [0.1, 0.15) is 5.75 Å². The summed E-state index contributed by atoms with van der Waals surface area (Å²) in [6, 6.07) is 7.91. The van der Waals surface area contributed by atoms with Crippen LogP contribution in [0.2, 0.25) is 0 Å². The molecule has 98 valence electrons. The Labute approximate surface area is 108 Å². The lowest BCUT2D eigenvalue weighted by Gasteiger charge is -2.23. The molecule has 1 heterocycles. The number of nitrogens with one attached hydrogen (secondary N) is 2. The fourth-order valence-electron chi connectivity index (χ4n) is 2.22. The molecule has 4 nitrogen and oxygen atoms in total. The summed E-state index contributed by atoms with van der Waals surface area (Å²) in [5, 5.41) is 6.35. The molecule has 0 radical (unpaired) electrons. The highest BCUT2D eigenvalue weighted by molar-refractivity contribution is 5.79. The summed E-state index contributed by atoms with van der Waals surface area (Å²) in [6.45, 7) is 1.94. The fourth-order valence-corrected chi connectivity index (χ4v) is 2.22. The lowest BCUT2D eigenvalue weighted by molar-refractivity contribution is -0.121. The summed E-state index contributed by atoms with van der Waals surface area (Å²) in [4.78, 5) is 11.9. The molecule has 1 amide bonds. The Hall–Kier alpha value is -1.55. The minimum atomic E-state index is 0.0805. The van der Waals surface area contributed by atoms with Gasteiger partial charge in [-0.25, -0.2) is 0 Å². The van der Waals surface area contributed by atoms with Gasteiger partial charge in [-0.2, -0.15) is 0 Å². The number of amides is 1. The Bertz CT molecular complexity index is 401. The molecule has 1 aliphatic heterocycles. The summed E-state index contributed by atoms with van der Waals surface area (Å²) < 4.78 is 5.14. The largest absolute Gasteiger partial charge is 0.497 e. The molecule has 0 unspecified atom stereocenters. The van der Waals surface area contributed by atoms with Crippen LogP contribution in [0.5, 0.6) is 5.75 Å². The summed E-state index contributed by atoms with van der Waals surface area (Å²) in [7, 11) is 1.63. The number of piperidine rings is 1. The number of benzene rings is 1. The van der Waals surface area contributed by atoms with Gasteiger partial charge in [0, 0.05) is 12.6 Å². The average molecular weight is 248 g/mol. The van der Waals surface area contributed by atoms with E-state index in [1.54, 1.807) is 7.11 Å². The second-order valence-electron chi connectivity index (χ2n) is 4.64. The molecule has 0 aromatic heterocycles. The first-order valence-electron chi connectivity index (χ1n) is 6.41. The molecule has 0 aliphatic carbocycles. The van der Waals surface area contributed by atoms with Crippen molar-refractivity contribution in [3.63, 3.8) is 0 Å². The first-order chi connectivity index (χ1) is 8.78. The Morgan fingerprint density at radius 2 is 2.44 bits per heavy atom. The second-order valence-corrected chi connectivity index (χ2v) is 4.64. The molecule has 18 heavy (non-hydrogen) atoms. The van der Waals surface area contributed by atoms with E-state index in [9.17, 15) is 4.79 Å². The molecule has 0 spiro atoms. The van der Waals surface area contributed by atoms with Crippen molar-refractivity contribution in [3.05, 3.63) is 29.8 Å². The zero-order chi connectivity index (χ0) is 12.8. The van der Waals surface area contributed by atoms with E-state index in [1.807, 2.05) is 24.3 Å². The van der Waals surface area contributed by atoms with E-state index >= 15 is 0 Å². The van der Waals surface area contributed by atoms with Crippen molar-refractivity contribution in [1.82, 2.24) is 10.6 Å². The Morgan fingerprint density at radius 1 is 1.56 bits per heavy atom. The molecule has 2 N–H and O–H groups in total. The van der Waals surface area contributed by atoms with Gasteiger partial charge in [0.15, 0.2) is 0 Å². The number of ether oxygens (including phenoxy) is 1. The maximum Gasteiger partial charge on any atom is 0.224 e. The number of carbonyl (C=O) groups is 1. The van der Waals surface area contributed by atoms with Crippen molar-refractivity contribution in [2.45, 2.75) is 25.3 Å². The number of hydrogen-bond donors (Lipinski definition) is 2. The lowest BCUT2D eigenvalue weighted by atomic mass is 10.1. The van der Waals surface area contributed by atoms with Crippen LogP contribution in [-0.2, 0) is 11.2 Å². The molecule has 1 atom stereocenters. The Balaban J connectivity index is 1.85. The minimum absolute atomic E-state index is 0.0805. The Morgan fingerprint density at radius 3 is 3.17 bits per heavy atom. The summed E-state index contributed by atoms with van der Waals surface area (Å²) >= 11 is 0. The van der Waals surface area contributed by atoms with Crippen molar-refractivity contribution in [1.29, 1.82) is 0 Å². The quantitative estimate of drug-likeness (QED) is 0.839. The van der Waals surface area contributed by atoms with E-state index < -0.39 is 0 Å². The van der Waals surface area contributed by atoms with E-state index in [1.165, 1.54) is 0 Å². The molecular weight excluding hydrogens is 228 g/mol. The molecular formula is C14H20N2O2. The van der Waals surface area contributed by atoms with Gasteiger partial charge in [0.25, 0.3) is 0 Å². The van der Waals surface area contributed by atoms with Crippen LogP contribution in [0.4, 0.5) is 0 Å². The predicted octanol–water partition coefficient (Wildman–Crippen LogP) is 1.11. The van der Waals surface area contributed by atoms with Crippen LogP contribution in [-0.4, -0.2) is 32.1 Å². The molecule has 1 aromatic rings. The average Bonchev–Trinajstić information content (AvgIpc) is 2.40. The normalized spacial score (nSPS) is 19.3. The van der Waals surface area contributed by atoms with E-state index in [0.29, 0.717) is 6.42 Å². The van der Waals surface area contributed by atoms with Gasteiger partial charge >= 0.3 is 0 Å². The second kappa shape index (κ2) is 6.40. The number of methoxy groups -OCH3 is 1. The maximum atomic E-state index is 11.9. The summed E-state index contributed by atoms with van der Waals surface area (Å²) in [5.41, 5.74) is 0.982. The van der Waals surface area contributed by atoms with E-state index in [2.05, 4.69) is 10.6 Å². The van der Waals surface area contributed by atoms with Crippen LogP contribution < -0.4 is 15.4 Å². The fraction of sp³-hybridized carbons (Fsp3) is 0.500. The van der Waals surface area contributed by atoms with E-state index in [-0.39, 0.29) is 11.9 Å². The molecule has 2 rings (SSSR count). The molecule has 1 fully saturated rings. The zero-order valence-electron chi connectivity index (χ0n) is 10.7.